The van der Waals surface area contributed by atoms with Crippen LogP contribution >= 0.6 is 11.3 Å². The van der Waals surface area contributed by atoms with E-state index in [2.05, 4.69) is 0 Å². The molecule has 1 amide bonds. The number of aliphatic hydroxyl groups is 1. The standard InChI is InChI=1S/C18H19NO4S/c1-12-4-6-13(7-5-12)19-16(21)11-14(18(22)23-9-8-20)17(19)15-3-2-10-24-15/h2-7,10,14,17,20H,8-9,11H2,1H3. The van der Waals surface area contributed by atoms with Crippen LogP contribution in [-0.4, -0.2) is 30.2 Å². The van der Waals surface area contributed by atoms with Crippen LogP contribution in [-0.2, 0) is 14.3 Å². The van der Waals surface area contributed by atoms with Gasteiger partial charge in [0.05, 0.1) is 18.6 Å². The van der Waals surface area contributed by atoms with Gasteiger partial charge in [-0.25, -0.2) is 0 Å². The lowest BCUT2D eigenvalue weighted by Crippen LogP contribution is -2.30. The molecule has 1 aliphatic heterocycles. The average molecular weight is 345 g/mol. The van der Waals surface area contributed by atoms with Gasteiger partial charge in [0.2, 0.25) is 5.91 Å². The van der Waals surface area contributed by atoms with E-state index >= 15 is 0 Å². The van der Waals surface area contributed by atoms with Crippen LogP contribution in [0.2, 0.25) is 0 Å². The van der Waals surface area contributed by atoms with E-state index in [0.29, 0.717) is 0 Å². The molecule has 1 N–H and O–H groups in total. The Morgan fingerprint density at radius 3 is 2.71 bits per heavy atom. The smallest absolute Gasteiger partial charge is 0.312 e. The number of aryl methyl sites for hydroxylation is 1. The molecule has 0 saturated carbocycles. The van der Waals surface area contributed by atoms with Crippen molar-refractivity contribution in [3.05, 3.63) is 52.2 Å². The van der Waals surface area contributed by atoms with Crippen molar-refractivity contribution >= 4 is 28.9 Å². The van der Waals surface area contributed by atoms with Gasteiger partial charge in [0.15, 0.2) is 0 Å². The average Bonchev–Trinajstić information content (AvgIpc) is 3.21. The highest BCUT2D eigenvalue weighted by Gasteiger charge is 2.46. The lowest BCUT2D eigenvalue weighted by molar-refractivity contribution is -0.150. The van der Waals surface area contributed by atoms with Crippen LogP contribution in [0.3, 0.4) is 0 Å². The number of carbonyl (C=O) groups is 2. The monoisotopic (exact) mass is 345 g/mol. The normalized spacial score (nSPS) is 20.4. The molecule has 2 heterocycles. The second-order valence-corrected chi connectivity index (χ2v) is 6.74. The molecule has 6 heteroatoms. The first kappa shape index (κ1) is 16.7. The Hall–Kier alpha value is -2.18. The minimum Gasteiger partial charge on any atom is -0.463 e. The largest absolute Gasteiger partial charge is 0.463 e. The highest BCUT2D eigenvalue weighted by molar-refractivity contribution is 7.10. The molecule has 0 aliphatic carbocycles. The minimum atomic E-state index is -0.566. The molecule has 3 rings (SSSR count). The van der Waals surface area contributed by atoms with Gasteiger partial charge in [0.1, 0.15) is 6.61 Å². The van der Waals surface area contributed by atoms with E-state index in [1.54, 1.807) is 4.90 Å². The SMILES string of the molecule is Cc1ccc(N2C(=O)CC(C(=O)OCCO)C2c2cccs2)cc1. The van der Waals surface area contributed by atoms with E-state index in [-0.39, 0.29) is 31.6 Å². The molecular weight excluding hydrogens is 326 g/mol. The van der Waals surface area contributed by atoms with Gasteiger partial charge in [0.25, 0.3) is 0 Å². The number of carbonyl (C=O) groups excluding carboxylic acids is 2. The number of nitrogens with zero attached hydrogens (tertiary/aromatic N) is 1. The number of aliphatic hydroxyl groups excluding tert-OH is 1. The first-order valence-electron chi connectivity index (χ1n) is 7.81. The summed E-state index contributed by atoms with van der Waals surface area (Å²) in [6.07, 6.45) is 0.112. The predicted octanol–water partition coefficient (Wildman–Crippen LogP) is 2.69. The molecule has 2 atom stereocenters. The molecule has 1 fully saturated rings. The first-order valence-corrected chi connectivity index (χ1v) is 8.69. The van der Waals surface area contributed by atoms with Crippen LogP contribution in [0.4, 0.5) is 5.69 Å². The molecule has 1 aliphatic rings. The van der Waals surface area contributed by atoms with Crippen molar-refractivity contribution in [1.82, 2.24) is 0 Å². The quantitative estimate of drug-likeness (QED) is 0.846. The number of hydrogen-bond acceptors (Lipinski definition) is 5. The Labute approximate surface area is 144 Å². The Kier molecular flexibility index (Phi) is 4.97. The number of hydrogen-bond donors (Lipinski definition) is 1. The van der Waals surface area contributed by atoms with Crippen LogP contribution in [0, 0.1) is 12.8 Å². The van der Waals surface area contributed by atoms with Crippen molar-refractivity contribution in [2.75, 3.05) is 18.1 Å². The van der Waals surface area contributed by atoms with Gasteiger partial charge in [-0.3, -0.25) is 9.59 Å². The second-order valence-electron chi connectivity index (χ2n) is 5.76. The maximum absolute atomic E-state index is 12.6. The second kappa shape index (κ2) is 7.15. The molecule has 24 heavy (non-hydrogen) atoms. The summed E-state index contributed by atoms with van der Waals surface area (Å²) in [6, 6.07) is 11.2. The van der Waals surface area contributed by atoms with Crippen molar-refractivity contribution < 1.29 is 19.4 Å². The van der Waals surface area contributed by atoms with Crippen molar-refractivity contribution in [3.63, 3.8) is 0 Å². The van der Waals surface area contributed by atoms with E-state index in [4.69, 9.17) is 9.84 Å². The third-order valence-electron chi connectivity index (χ3n) is 4.11. The molecule has 0 radical (unpaired) electrons. The van der Waals surface area contributed by atoms with Gasteiger partial charge < -0.3 is 14.7 Å². The van der Waals surface area contributed by atoms with E-state index in [0.717, 1.165) is 16.1 Å². The van der Waals surface area contributed by atoms with Crippen molar-refractivity contribution in [3.8, 4) is 0 Å². The van der Waals surface area contributed by atoms with Crippen LogP contribution in [0.25, 0.3) is 0 Å². The number of ether oxygens (including phenoxy) is 1. The lowest BCUT2D eigenvalue weighted by Gasteiger charge is -2.27. The maximum Gasteiger partial charge on any atom is 0.312 e. The summed E-state index contributed by atoms with van der Waals surface area (Å²) < 4.78 is 5.09. The summed E-state index contributed by atoms with van der Waals surface area (Å²) in [4.78, 5) is 27.6. The Balaban J connectivity index is 1.96. The summed E-state index contributed by atoms with van der Waals surface area (Å²) in [5, 5.41) is 10.8. The van der Waals surface area contributed by atoms with Gasteiger partial charge in [-0.05, 0) is 30.5 Å². The predicted molar refractivity (Wildman–Crippen MR) is 91.9 cm³/mol. The third-order valence-corrected chi connectivity index (χ3v) is 5.05. The van der Waals surface area contributed by atoms with E-state index < -0.39 is 11.9 Å². The fourth-order valence-corrected chi connectivity index (χ4v) is 3.87. The molecule has 1 aromatic carbocycles. The van der Waals surface area contributed by atoms with E-state index in [1.807, 2.05) is 48.7 Å². The lowest BCUT2D eigenvalue weighted by atomic mass is 9.99. The highest BCUT2D eigenvalue weighted by Crippen LogP contribution is 2.43. The van der Waals surface area contributed by atoms with E-state index in [1.165, 1.54) is 11.3 Å². The van der Waals surface area contributed by atoms with Gasteiger partial charge in [-0.1, -0.05) is 23.8 Å². The number of rotatable bonds is 5. The minimum absolute atomic E-state index is 0.0504. The van der Waals surface area contributed by atoms with Crippen molar-refractivity contribution in [1.29, 1.82) is 0 Å². The van der Waals surface area contributed by atoms with Gasteiger partial charge in [0, 0.05) is 17.0 Å². The van der Waals surface area contributed by atoms with Crippen LogP contribution in [0.15, 0.2) is 41.8 Å². The molecule has 1 aromatic heterocycles. The molecule has 2 unspecified atom stereocenters. The molecular formula is C18H19NO4S. The Morgan fingerprint density at radius 2 is 2.08 bits per heavy atom. The van der Waals surface area contributed by atoms with Crippen LogP contribution in [0.5, 0.6) is 0 Å². The van der Waals surface area contributed by atoms with Gasteiger partial charge in [-0.15, -0.1) is 11.3 Å². The van der Waals surface area contributed by atoms with Crippen LogP contribution < -0.4 is 4.90 Å². The third kappa shape index (κ3) is 3.20. The molecule has 2 aromatic rings. The fourth-order valence-electron chi connectivity index (χ4n) is 2.99. The molecule has 5 nitrogen and oxygen atoms in total. The van der Waals surface area contributed by atoms with Gasteiger partial charge in [-0.2, -0.15) is 0 Å². The summed E-state index contributed by atoms with van der Waals surface area (Å²) in [7, 11) is 0. The number of benzene rings is 1. The zero-order valence-corrected chi connectivity index (χ0v) is 14.2. The Bertz CT molecular complexity index is 711. The number of amides is 1. The van der Waals surface area contributed by atoms with E-state index in [9.17, 15) is 9.59 Å². The van der Waals surface area contributed by atoms with Crippen molar-refractivity contribution in [2.24, 2.45) is 5.92 Å². The summed E-state index contributed by atoms with van der Waals surface area (Å²) in [5.41, 5.74) is 1.89. The van der Waals surface area contributed by atoms with Gasteiger partial charge >= 0.3 is 5.97 Å². The summed E-state index contributed by atoms with van der Waals surface area (Å²) in [6.45, 7) is 1.71. The van der Waals surface area contributed by atoms with Crippen molar-refractivity contribution in [2.45, 2.75) is 19.4 Å². The summed E-state index contributed by atoms with van der Waals surface area (Å²) >= 11 is 1.52. The zero-order valence-electron chi connectivity index (χ0n) is 13.3. The zero-order chi connectivity index (χ0) is 17.1. The number of esters is 1. The Morgan fingerprint density at radius 1 is 1.33 bits per heavy atom. The maximum atomic E-state index is 12.6. The number of anilines is 1. The highest BCUT2D eigenvalue weighted by atomic mass is 32.1. The molecule has 0 spiro atoms. The molecule has 1 saturated heterocycles. The first-order chi connectivity index (χ1) is 11.6. The number of thiophene rings is 1. The molecule has 0 bridgehead atoms. The molecule has 126 valence electrons. The fraction of sp³-hybridized carbons (Fsp3) is 0.333. The topological polar surface area (TPSA) is 66.8 Å². The van der Waals surface area contributed by atoms with Crippen LogP contribution in [0.1, 0.15) is 22.9 Å². The summed E-state index contributed by atoms with van der Waals surface area (Å²) in [5.74, 6) is -1.10.